The van der Waals surface area contributed by atoms with Gasteiger partial charge in [0, 0.05) is 23.5 Å². The molecule has 0 saturated carbocycles. The van der Waals surface area contributed by atoms with Crippen molar-refractivity contribution in [3.63, 3.8) is 0 Å². The van der Waals surface area contributed by atoms with Crippen LogP contribution in [0.4, 0.5) is 11.6 Å². The molecule has 2 heterocycles. The standard InChI is InChI=1S/C22H23N3O2/c1-2-4-14-27-20-10-6-8-18(16-20)24-22-23-12-11-21(25-22)17-7-5-9-19(15-17)26-13-3-1/h5-12,15-16H,1-4,13-14H2,(H,23,24,25). The number of hydrogen-bond acceptors (Lipinski definition) is 5. The van der Waals surface area contributed by atoms with Gasteiger partial charge in [-0.05, 0) is 56.0 Å². The Balaban J connectivity index is 1.63. The highest BCUT2D eigenvalue weighted by atomic mass is 16.5. The van der Waals surface area contributed by atoms with Crippen molar-refractivity contribution in [2.24, 2.45) is 0 Å². The number of ether oxygens (including phenoxy) is 2. The zero-order chi connectivity index (χ0) is 18.3. The minimum absolute atomic E-state index is 0.553. The van der Waals surface area contributed by atoms with Gasteiger partial charge in [0.15, 0.2) is 0 Å². The van der Waals surface area contributed by atoms with Crippen LogP contribution in [-0.4, -0.2) is 23.2 Å². The molecular weight excluding hydrogens is 338 g/mol. The van der Waals surface area contributed by atoms with Gasteiger partial charge >= 0.3 is 0 Å². The van der Waals surface area contributed by atoms with Gasteiger partial charge in [0.2, 0.25) is 5.95 Å². The van der Waals surface area contributed by atoms with E-state index in [1.54, 1.807) is 6.20 Å². The Labute approximate surface area is 159 Å². The lowest BCUT2D eigenvalue weighted by molar-refractivity contribution is 0.287. The first-order valence-electron chi connectivity index (χ1n) is 9.43. The van der Waals surface area contributed by atoms with Crippen molar-refractivity contribution in [3.8, 4) is 22.8 Å². The lowest BCUT2D eigenvalue weighted by Gasteiger charge is -2.11. The first-order valence-corrected chi connectivity index (χ1v) is 9.43. The van der Waals surface area contributed by atoms with Crippen molar-refractivity contribution in [2.75, 3.05) is 18.5 Å². The second-order valence-corrected chi connectivity index (χ2v) is 6.56. The predicted octanol–water partition coefficient (Wildman–Crippen LogP) is 5.22. The number of anilines is 2. The first kappa shape index (κ1) is 17.3. The monoisotopic (exact) mass is 361 g/mol. The van der Waals surface area contributed by atoms with Gasteiger partial charge in [-0.1, -0.05) is 18.2 Å². The minimum atomic E-state index is 0.553. The van der Waals surface area contributed by atoms with Gasteiger partial charge in [0.1, 0.15) is 11.5 Å². The van der Waals surface area contributed by atoms with Gasteiger partial charge in [-0.15, -0.1) is 0 Å². The van der Waals surface area contributed by atoms with Crippen molar-refractivity contribution >= 4 is 11.6 Å². The fourth-order valence-electron chi connectivity index (χ4n) is 3.06. The largest absolute Gasteiger partial charge is 0.494 e. The molecule has 1 aliphatic heterocycles. The van der Waals surface area contributed by atoms with Gasteiger partial charge in [0.05, 0.1) is 18.9 Å². The molecule has 0 fully saturated rings. The number of nitrogens with one attached hydrogen (secondary N) is 1. The van der Waals surface area contributed by atoms with Gasteiger partial charge in [-0.2, -0.15) is 0 Å². The highest BCUT2D eigenvalue weighted by Gasteiger charge is 2.06. The Morgan fingerprint density at radius 1 is 0.778 bits per heavy atom. The summed E-state index contributed by atoms with van der Waals surface area (Å²) in [5.41, 5.74) is 2.77. The number of nitrogens with zero attached hydrogens (tertiary/aromatic N) is 2. The molecule has 0 unspecified atom stereocenters. The number of fused-ring (bicyclic) bond motifs is 7. The molecule has 4 rings (SSSR count). The van der Waals surface area contributed by atoms with E-state index in [-0.39, 0.29) is 0 Å². The normalized spacial score (nSPS) is 14.7. The molecule has 5 heteroatoms. The van der Waals surface area contributed by atoms with Crippen LogP contribution in [-0.2, 0) is 0 Å². The van der Waals surface area contributed by atoms with Gasteiger partial charge < -0.3 is 14.8 Å². The molecule has 0 saturated heterocycles. The molecule has 1 aliphatic rings. The highest BCUT2D eigenvalue weighted by Crippen LogP contribution is 2.25. The third-order valence-corrected chi connectivity index (χ3v) is 4.45. The number of rotatable bonds is 0. The summed E-state index contributed by atoms with van der Waals surface area (Å²) in [6.07, 6.45) is 6.12. The molecule has 6 bridgehead atoms. The van der Waals surface area contributed by atoms with Crippen LogP contribution in [0.3, 0.4) is 0 Å². The van der Waals surface area contributed by atoms with E-state index in [1.165, 1.54) is 0 Å². The number of aromatic nitrogens is 2. The maximum absolute atomic E-state index is 5.91. The number of hydrogen-bond donors (Lipinski definition) is 1. The van der Waals surface area contributed by atoms with Crippen LogP contribution in [0.5, 0.6) is 11.5 Å². The molecule has 3 aromatic rings. The smallest absolute Gasteiger partial charge is 0.227 e. The lowest BCUT2D eigenvalue weighted by atomic mass is 10.1. The number of benzene rings is 2. The summed E-state index contributed by atoms with van der Waals surface area (Å²) in [5.74, 6) is 2.28. The Bertz CT molecular complexity index is 898. The van der Waals surface area contributed by atoms with Crippen LogP contribution in [0.2, 0.25) is 0 Å². The zero-order valence-electron chi connectivity index (χ0n) is 15.2. The topological polar surface area (TPSA) is 56.3 Å². The third-order valence-electron chi connectivity index (χ3n) is 4.45. The zero-order valence-corrected chi connectivity index (χ0v) is 15.2. The average molecular weight is 361 g/mol. The average Bonchev–Trinajstić information content (AvgIpc) is 2.70. The molecule has 0 aliphatic carbocycles. The van der Waals surface area contributed by atoms with Crippen LogP contribution in [0, 0.1) is 0 Å². The molecule has 0 spiro atoms. The molecule has 138 valence electrons. The summed E-state index contributed by atoms with van der Waals surface area (Å²) in [5, 5.41) is 3.26. The van der Waals surface area contributed by atoms with E-state index in [2.05, 4.69) is 15.3 Å². The third kappa shape index (κ3) is 4.76. The van der Waals surface area contributed by atoms with Gasteiger partial charge in [-0.25, -0.2) is 9.97 Å². The van der Waals surface area contributed by atoms with E-state index in [0.29, 0.717) is 5.95 Å². The molecule has 2 aromatic carbocycles. The second-order valence-electron chi connectivity index (χ2n) is 6.56. The van der Waals surface area contributed by atoms with Crippen LogP contribution in [0.25, 0.3) is 11.3 Å². The molecular formula is C22H23N3O2. The van der Waals surface area contributed by atoms with Crippen molar-refractivity contribution in [3.05, 3.63) is 60.8 Å². The van der Waals surface area contributed by atoms with Crippen LogP contribution < -0.4 is 14.8 Å². The summed E-state index contributed by atoms with van der Waals surface area (Å²) < 4.78 is 11.8. The summed E-state index contributed by atoms with van der Waals surface area (Å²) in [6.45, 7) is 1.45. The van der Waals surface area contributed by atoms with E-state index >= 15 is 0 Å². The molecule has 1 aromatic heterocycles. The maximum atomic E-state index is 5.91. The Kier molecular flexibility index (Phi) is 5.48. The Morgan fingerprint density at radius 2 is 1.52 bits per heavy atom. The van der Waals surface area contributed by atoms with Crippen LogP contribution in [0.1, 0.15) is 25.7 Å². The van der Waals surface area contributed by atoms with E-state index in [4.69, 9.17) is 9.47 Å². The van der Waals surface area contributed by atoms with Crippen molar-refractivity contribution < 1.29 is 9.47 Å². The van der Waals surface area contributed by atoms with Crippen molar-refractivity contribution in [1.29, 1.82) is 0 Å². The summed E-state index contributed by atoms with van der Waals surface area (Å²) in [7, 11) is 0. The summed E-state index contributed by atoms with van der Waals surface area (Å²) in [6, 6.07) is 17.9. The van der Waals surface area contributed by atoms with E-state index in [0.717, 1.165) is 67.3 Å². The van der Waals surface area contributed by atoms with Gasteiger partial charge in [-0.3, -0.25) is 0 Å². The van der Waals surface area contributed by atoms with E-state index in [1.807, 2.05) is 54.6 Å². The quantitative estimate of drug-likeness (QED) is 0.595. The Morgan fingerprint density at radius 3 is 2.33 bits per heavy atom. The summed E-state index contributed by atoms with van der Waals surface area (Å²) in [4.78, 5) is 8.98. The molecule has 0 amide bonds. The lowest BCUT2D eigenvalue weighted by Crippen LogP contribution is -2.02. The SMILES string of the molecule is c1cc2cc(c1)OCCCCCCOc1cccc(c1)-c1ccnc(n1)N2. The molecule has 1 N–H and O–H groups in total. The van der Waals surface area contributed by atoms with Crippen molar-refractivity contribution in [2.45, 2.75) is 25.7 Å². The first-order chi connectivity index (χ1) is 13.4. The predicted molar refractivity (Wildman–Crippen MR) is 107 cm³/mol. The summed E-state index contributed by atoms with van der Waals surface area (Å²) >= 11 is 0. The van der Waals surface area contributed by atoms with E-state index in [9.17, 15) is 0 Å². The highest BCUT2D eigenvalue weighted by molar-refractivity contribution is 5.63. The molecule has 5 nitrogen and oxygen atoms in total. The van der Waals surface area contributed by atoms with Crippen LogP contribution >= 0.6 is 0 Å². The minimum Gasteiger partial charge on any atom is -0.494 e. The van der Waals surface area contributed by atoms with Crippen molar-refractivity contribution in [1.82, 2.24) is 9.97 Å². The van der Waals surface area contributed by atoms with E-state index < -0.39 is 0 Å². The Hall–Kier alpha value is -3.08. The second kappa shape index (κ2) is 8.54. The molecule has 0 radical (unpaired) electrons. The van der Waals surface area contributed by atoms with Crippen LogP contribution in [0.15, 0.2) is 60.8 Å². The fourth-order valence-corrected chi connectivity index (χ4v) is 3.06. The maximum Gasteiger partial charge on any atom is 0.227 e. The molecule has 27 heavy (non-hydrogen) atoms. The van der Waals surface area contributed by atoms with Gasteiger partial charge in [0.25, 0.3) is 0 Å². The fraction of sp³-hybridized carbons (Fsp3) is 0.273. The molecule has 0 atom stereocenters.